The second-order valence-electron chi connectivity index (χ2n) is 6.50. The minimum absolute atomic E-state index is 0.0657. The number of aromatic nitrogens is 3. The smallest absolute Gasteiger partial charge is 0.238 e. The van der Waals surface area contributed by atoms with Gasteiger partial charge in [0.1, 0.15) is 10.8 Å². The van der Waals surface area contributed by atoms with Crippen molar-refractivity contribution in [2.45, 2.75) is 29.3 Å². The van der Waals surface area contributed by atoms with Gasteiger partial charge in [0.2, 0.25) is 10.0 Å². The lowest BCUT2D eigenvalue weighted by atomic mass is 10.2. The topological polar surface area (TPSA) is 100 Å². The molecule has 4 aromatic rings. The number of thioether (sulfide) groups is 1. The Kier molecular flexibility index (Phi) is 5.83. The summed E-state index contributed by atoms with van der Waals surface area (Å²) < 4.78 is 30.5. The maximum Gasteiger partial charge on any atom is 0.238 e. The highest BCUT2D eigenvalue weighted by atomic mass is 32.2. The summed E-state index contributed by atoms with van der Waals surface area (Å²) >= 11 is 3.17. The minimum atomic E-state index is -3.76. The summed E-state index contributed by atoms with van der Waals surface area (Å²) in [6, 6.07) is 12.6. The monoisotopic (exact) mass is 460 g/mol. The Morgan fingerprint density at radius 3 is 2.60 bits per heavy atom. The standard InChI is InChI=1S/C20H20N4O3S3/c1-3-24-18-9-8-16(30(21,25)26)10-17(18)23-20(24)29-12-14-11-28-19(22-14)13-4-6-15(27-2)7-5-13/h4-11H,3,12H2,1-2H3,(H2,21,25,26). The molecule has 30 heavy (non-hydrogen) atoms. The van der Waals surface area contributed by atoms with Gasteiger partial charge in [0, 0.05) is 23.2 Å². The van der Waals surface area contributed by atoms with Crippen LogP contribution in [0.3, 0.4) is 0 Å². The Bertz CT molecular complexity index is 1290. The molecular formula is C20H20N4O3S3. The summed E-state index contributed by atoms with van der Waals surface area (Å²) in [6.07, 6.45) is 0. The number of fused-ring (bicyclic) bond motifs is 1. The normalized spacial score (nSPS) is 11.8. The molecule has 4 rings (SSSR count). The van der Waals surface area contributed by atoms with Crippen molar-refractivity contribution in [3.8, 4) is 16.3 Å². The zero-order valence-electron chi connectivity index (χ0n) is 16.4. The van der Waals surface area contributed by atoms with E-state index in [4.69, 9.17) is 14.9 Å². The van der Waals surface area contributed by atoms with Crippen molar-refractivity contribution < 1.29 is 13.2 Å². The van der Waals surface area contributed by atoms with Gasteiger partial charge in [0.25, 0.3) is 0 Å². The number of hydrogen-bond donors (Lipinski definition) is 1. The van der Waals surface area contributed by atoms with E-state index in [0.29, 0.717) is 11.3 Å². The third-order valence-corrected chi connectivity index (χ3v) is 7.43. The lowest BCUT2D eigenvalue weighted by Gasteiger charge is -2.05. The van der Waals surface area contributed by atoms with Crippen LogP contribution >= 0.6 is 23.1 Å². The molecule has 0 radical (unpaired) electrons. The number of aryl methyl sites for hydroxylation is 1. The molecule has 0 saturated heterocycles. The SMILES string of the molecule is CCn1c(SCc2csc(-c3ccc(OC)cc3)n2)nc2cc(S(N)(=O)=O)ccc21. The van der Waals surface area contributed by atoms with Gasteiger partial charge in [-0.1, -0.05) is 11.8 Å². The van der Waals surface area contributed by atoms with E-state index in [1.807, 2.05) is 36.6 Å². The van der Waals surface area contributed by atoms with E-state index in [9.17, 15) is 8.42 Å². The van der Waals surface area contributed by atoms with E-state index in [2.05, 4.69) is 9.55 Å². The van der Waals surface area contributed by atoms with Crippen LogP contribution in [0.5, 0.6) is 5.75 Å². The van der Waals surface area contributed by atoms with Crippen LogP contribution in [0.4, 0.5) is 0 Å². The third kappa shape index (κ3) is 4.22. The summed E-state index contributed by atoms with van der Waals surface area (Å²) in [7, 11) is -2.11. The number of ether oxygens (including phenoxy) is 1. The maximum atomic E-state index is 11.6. The fourth-order valence-corrected chi connectivity index (χ4v) is 5.49. The minimum Gasteiger partial charge on any atom is -0.497 e. The van der Waals surface area contributed by atoms with Crippen LogP contribution in [0.1, 0.15) is 12.6 Å². The summed E-state index contributed by atoms with van der Waals surface area (Å²) in [4.78, 5) is 9.42. The molecule has 0 aliphatic rings. The van der Waals surface area contributed by atoms with E-state index in [-0.39, 0.29) is 4.90 Å². The lowest BCUT2D eigenvalue weighted by molar-refractivity contribution is 0.415. The number of imidazole rings is 1. The predicted molar refractivity (Wildman–Crippen MR) is 120 cm³/mol. The Morgan fingerprint density at radius 2 is 1.93 bits per heavy atom. The summed E-state index contributed by atoms with van der Waals surface area (Å²) in [5.41, 5.74) is 3.51. The summed E-state index contributed by atoms with van der Waals surface area (Å²) in [6.45, 7) is 2.76. The number of sulfonamides is 1. The van der Waals surface area contributed by atoms with Crippen LogP contribution in [0.15, 0.2) is 57.9 Å². The molecule has 2 aromatic heterocycles. The van der Waals surface area contributed by atoms with E-state index in [1.165, 1.54) is 12.1 Å². The van der Waals surface area contributed by atoms with Gasteiger partial charge in [-0.25, -0.2) is 23.5 Å². The molecule has 0 spiro atoms. The third-order valence-electron chi connectivity index (χ3n) is 4.57. The second kappa shape index (κ2) is 8.38. The van der Waals surface area contributed by atoms with Crippen LogP contribution in [-0.4, -0.2) is 30.1 Å². The summed E-state index contributed by atoms with van der Waals surface area (Å²) in [5, 5.41) is 9.06. The molecular weight excluding hydrogens is 440 g/mol. The van der Waals surface area contributed by atoms with Gasteiger partial charge < -0.3 is 9.30 Å². The second-order valence-corrected chi connectivity index (χ2v) is 9.86. The van der Waals surface area contributed by atoms with Crippen molar-refractivity contribution in [2.75, 3.05) is 7.11 Å². The number of hydrogen-bond acceptors (Lipinski definition) is 7. The van der Waals surface area contributed by atoms with Crippen molar-refractivity contribution in [1.82, 2.24) is 14.5 Å². The van der Waals surface area contributed by atoms with E-state index < -0.39 is 10.0 Å². The summed E-state index contributed by atoms with van der Waals surface area (Å²) in [5.74, 6) is 1.48. The first-order valence-electron chi connectivity index (χ1n) is 9.13. The molecule has 2 heterocycles. The van der Waals surface area contributed by atoms with Crippen LogP contribution < -0.4 is 9.88 Å². The molecule has 0 bridgehead atoms. The van der Waals surface area contributed by atoms with Crippen molar-refractivity contribution in [3.05, 3.63) is 53.5 Å². The van der Waals surface area contributed by atoms with Gasteiger partial charge in [0.05, 0.1) is 28.7 Å². The number of primary sulfonamides is 1. The Balaban J connectivity index is 1.55. The Hall–Kier alpha value is -2.40. The molecule has 2 aromatic carbocycles. The zero-order chi connectivity index (χ0) is 21.3. The molecule has 7 nitrogen and oxygen atoms in total. The maximum absolute atomic E-state index is 11.6. The van der Waals surface area contributed by atoms with Crippen LogP contribution in [-0.2, 0) is 22.3 Å². The molecule has 0 amide bonds. The lowest BCUT2D eigenvalue weighted by Crippen LogP contribution is -2.11. The van der Waals surface area contributed by atoms with Gasteiger partial charge in [0.15, 0.2) is 5.16 Å². The van der Waals surface area contributed by atoms with E-state index in [1.54, 1.807) is 36.3 Å². The number of benzene rings is 2. The molecule has 0 saturated carbocycles. The largest absolute Gasteiger partial charge is 0.497 e. The first-order valence-corrected chi connectivity index (χ1v) is 12.5. The van der Waals surface area contributed by atoms with E-state index >= 15 is 0 Å². The molecule has 0 fully saturated rings. The molecule has 0 atom stereocenters. The first-order chi connectivity index (χ1) is 14.4. The van der Waals surface area contributed by atoms with Crippen LogP contribution in [0, 0.1) is 0 Å². The fraction of sp³-hybridized carbons (Fsp3) is 0.200. The van der Waals surface area contributed by atoms with Gasteiger partial charge in [-0.2, -0.15) is 0 Å². The number of methoxy groups -OCH3 is 1. The van der Waals surface area contributed by atoms with Gasteiger partial charge >= 0.3 is 0 Å². The van der Waals surface area contributed by atoms with Gasteiger partial charge in [-0.05, 0) is 49.4 Å². The average molecular weight is 461 g/mol. The van der Waals surface area contributed by atoms with Gasteiger partial charge in [-0.15, -0.1) is 11.3 Å². The van der Waals surface area contributed by atoms with Crippen molar-refractivity contribution >= 4 is 44.2 Å². The highest BCUT2D eigenvalue weighted by molar-refractivity contribution is 7.98. The molecule has 0 aliphatic heterocycles. The Morgan fingerprint density at radius 1 is 1.17 bits per heavy atom. The molecule has 156 valence electrons. The van der Waals surface area contributed by atoms with Gasteiger partial charge in [-0.3, -0.25) is 0 Å². The Labute approximate surface area is 183 Å². The number of thiazole rings is 1. The molecule has 0 unspecified atom stereocenters. The average Bonchev–Trinajstić information content (AvgIpc) is 3.35. The van der Waals surface area contributed by atoms with Crippen molar-refractivity contribution in [3.63, 3.8) is 0 Å². The zero-order valence-corrected chi connectivity index (χ0v) is 18.9. The number of nitrogens with zero attached hydrogens (tertiary/aromatic N) is 3. The highest BCUT2D eigenvalue weighted by Gasteiger charge is 2.15. The van der Waals surface area contributed by atoms with Crippen molar-refractivity contribution in [2.24, 2.45) is 5.14 Å². The fourth-order valence-electron chi connectivity index (χ4n) is 3.06. The molecule has 0 aliphatic carbocycles. The number of nitrogens with two attached hydrogens (primary N) is 1. The quantitative estimate of drug-likeness (QED) is 0.416. The first kappa shape index (κ1) is 20.9. The molecule has 2 N–H and O–H groups in total. The van der Waals surface area contributed by atoms with Crippen LogP contribution in [0.2, 0.25) is 0 Å². The predicted octanol–water partition coefficient (Wildman–Crippen LogP) is 4.13. The van der Waals surface area contributed by atoms with Crippen molar-refractivity contribution in [1.29, 1.82) is 0 Å². The number of rotatable bonds is 7. The van der Waals surface area contributed by atoms with Crippen LogP contribution in [0.25, 0.3) is 21.6 Å². The highest BCUT2D eigenvalue weighted by Crippen LogP contribution is 2.31. The van der Waals surface area contributed by atoms with E-state index in [0.717, 1.165) is 39.2 Å². The molecule has 10 heteroatoms.